The van der Waals surface area contributed by atoms with Crippen LogP contribution in [-0.4, -0.2) is 38.2 Å². The van der Waals surface area contributed by atoms with Crippen LogP contribution in [-0.2, 0) is 9.47 Å². The largest absolute Gasteiger partial charge is 0.462 e. The molecule has 1 saturated heterocycles. The Morgan fingerprint density at radius 3 is 2.72 bits per heavy atom. The minimum atomic E-state index is -0.300. The van der Waals surface area contributed by atoms with Crippen LogP contribution >= 0.6 is 11.3 Å². The van der Waals surface area contributed by atoms with Crippen LogP contribution in [0, 0.1) is 5.92 Å². The van der Waals surface area contributed by atoms with E-state index in [9.17, 15) is 9.59 Å². The van der Waals surface area contributed by atoms with Crippen molar-refractivity contribution in [1.82, 2.24) is 5.32 Å². The van der Waals surface area contributed by atoms with E-state index in [4.69, 9.17) is 9.47 Å². The van der Waals surface area contributed by atoms with Gasteiger partial charge >= 0.3 is 5.97 Å². The number of thiophene rings is 1. The van der Waals surface area contributed by atoms with Gasteiger partial charge in [0.1, 0.15) is 4.88 Å². The maximum Gasteiger partial charge on any atom is 0.348 e. The molecule has 0 radical (unpaired) electrons. The monoisotopic (exact) mass is 359 g/mol. The molecule has 1 aliphatic heterocycles. The Labute approximate surface area is 151 Å². The van der Waals surface area contributed by atoms with E-state index in [1.54, 1.807) is 25.1 Å². The molecule has 0 unspecified atom stereocenters. The molecule has 3 rings (SSSR count). The van der Waals surface area contributed by atoms with Crippen molar-refractivity contribution in [2.45, 2.75) is 13.3 Å². The van der Waals surface area contributed by atoms with Gasteiger partial charge in [-0.25, -0.2) is 4.79 Å². The van der Waals surface area contributed by atoms with E-state index in [2.05, 4.69) is 5.32 Å². The van der Waals surface area contributed by atoms with Crippen LogP contribution in [0.2, 0.25) is 0 Å². The van der Waals surface area contributed by atoms with E-state index in [1.165, 1.54) is 11.3 Å². The van der Waals surface area contributed by atoms with Crippen LogP contribution in [0.15, 0.2) is 36.4 Å². The topological polar surface area (TPSA) is 64.6 Å². The van der Waals surface area contributed by atoms with E-state index in [0.717, 1.165) is 30.1 Å². The van der Waals surface area contributed by atoms with Crippen molar-refractivity contribution < 1.29 is 19.1 Å². The number of nitrogens with one attached hydrogen (secondary N) is 1. The molecular weight excluding hydrogens is 338 g/mol. The molecule has 0 saturated carbocycles. The molecule has 25 heavy (non-hydrogen) atoms. The van der Waals surface area contributed by atoms with Gasteiger partial charge in [0.15, 0.2) is 0 Å². The second-order valence-corrected chi connectivity index (χ2v) is 6.99. The lowest BCUT2D eigenvalue weighted by molar-refractivity contribution is 0.0532. The van der Waals surface area contributed by atoms with Crippen LogP contribution in [0.4, 0.5) is 0 Å². The Balaban J connectivity index is 1.61. The number of benzene rings is 1. The first kappa shape index (κ1) is 17.6. The van der Waals surface area contributed by atoms with Crippen molar-refractivity contribution in [2.24, 2.45) is 5.92 Å². The van der Waals surface area contributed by atoms with Gasteiger partial charge in [-0.2, -0.15) is 0 Å². The molecule has 1 N–H and O–H groups in total. The fourth-order valence-corrected chi connectivity index (χ4v) is 3.58. The number of carbonyl (C=O) groups excluding carboxylic acids is 2. The fraction of sp³-hybridized carbons (Fsp3) is 0.368. The maximum absolute atomic E-state index is 12.2. The van der Waals surface area contributed by atoms with Gasteiger partial charge in [0.25, 0.3) is 5.91 Å². The Kier molecular flexibility index (Phi) is 5.83. The summed E-state index contributed by atoms with van der Waals surface area (Å²) in [6, 6.07) is 11.1. The Bertz CT molecular complexity index is 732. The highest BCUT2D eigenvalue weighted by molar-refractivity contribution is 7.17. The standard InChI is InChI=1S/C19H21NO4S/c1-2-24-19(22)17-8-7-16(25-17)14-3-5-15(6-4-14)18(21)20-11-13-9-10-23-12-13/h3-8,13H,2,9-12H2,1H3,(H,20,21)/t13-/m0/s1. The second kappa shape index (κ2) is 8.27. The molecule has 132 valence electrons. The third kappa shape index (κ3) is 4.46. The Morgan fingerprint density at radius 1 is 1.24 bits per heavy atom. The van der Waals surface area contributed by atoms with E-state index in [1.807, 2.05) is 18.2 Å². The highest BCUT2D eigenvalue weighted by Gasteiger charge is 2.17. The highest BCUT2D eigenvalue weighted by atomic mass is 32.1. The zero-order valence-electron chi connectivity index (χ0n) is 14.1. The SMILES string of the molecule is CCOC(=O)c1ccc(-c2ccc(C(=O)NC[C@@H]3CCOC3)cc2)s1. The summed E-state index contributed by atoms with van der Waals surface area (Å²) in [5.41, 5.74) is 1.60. The first-order chi connectivity index (χ1) is 12.2. The molecular formula is C19H21NO4S. The van der Waals surface area contributed by atoms with E-state index >= 15 is 0 Å². The molecule has 2 heterocycles. The second-order valence-electron chi connectivity index (χ2n) is 5.90. The lowest BCUT2D eigenvalue weighted by Crippen LogP contribution is -2.29. The van der Waals surface area contributed by atoms with E-state index in [0.29, 0.717) is 29.5 Å². The summed E-state index contributed by atoms with van der Waals surface area (Å²) in [6.45, 7) is 4.30. The van der Waals surface area contributed by atoms with Crippen LogP contribution in [0.3, 0.4) is 0 Å². The molecule has 1 amide bonds. The lowest BCUT2D eigenvalue weighted by Gasteiger charge is -2.09. The van der Waals surface area contributed by atoms with Crippen molar-refractivity contribution >= 4 is 23.2 Å². The lowest BCUT2D eigenvalue weighted by atomic mass is 10.1. The summed E-state index contributed by atoms with van der Waals surface area (Å²) in [5.74, 6) is 0.0399. The van der Waals surface area contributed by atoms with Crippen molar-refractivity contribution in [3.8, 4) is 10.4 Å². The van der Waals surface area contributed by atoms with Crippen LogP contribution < -0.4 is 5.32 Å². The summed E-state index contributed by atoms with van der Waals surface area (Å²) < 4.78 is 10.3. The normalized spacial score (nSPS) is 16.6. The Hall–Kier alpha value is -2.18. The number of rotatable bonds is 6. The van der Waals surface area contributed by atoms with Gasteiger partial charge in [0.2, 0.25) is 0 Å². The number of amides is 1. The molecule has 5 nitrogen and oxygen atoms in total. The third-order valence-corrected chi connectivity index (χ3v) is 5.20. The van der Waals surface area contributed by atoms with Crippen molar-refractivity contribution in [1.29, 1.82) is 0 Å². The minimum Gasteiger partial charge on any atom is -0.462 e. The number of hydrogen-bond donors (Lipinski definition) is 1. The predicted octanol–water partition coefficient (Wildman–Crippen LogP) is 3.36. The average molecular weight is 359 g/mol. The van der Waals surface area contributed by atoms with E-state index < -0.39 is 0 Å². The average Bonchev–Trinajstić information content (AvgIpc) is 3.32. The fourth-order valence-electron chi connectivity index (χ4n) is 2.67. The number of hydrogen-bond acceptors (Lipinski definition) is 5. The van der Waals surface area contributed by atoms with Gasteiger partial charge in [0.05, 0.1) is 13.2 Å². The first-order valence-electron chi connectivity index (χ1n) is 8.40. The van der Waals surface area contributed by atoms with Crippen molar-refractivity contribution in [3.63, 3.8) is 0 Å². The molecule has 1 aromatic heterocycles. The molecule has 0 bridgehead atoms. The molecule has 1 atom stereocenters. The molecule has 6 heteroatoms. The zero-order chi connectivity index (χ0) is 17.6. The summed E-state index contributed by atoms with van der Waals surface area (Å²) in [7, 11) is 0. The predicted molar refractivity (Wildman–Crippen MR) is 97.0 cm³/mol. The first-order valence-corrected chi connectivity index (χ1v) is 9.22. The quantitative estimate of drug-likeness (QED) is 0.803. The van der Waals surface area contributed by atoms with Crippen LogP contribution in [0.25, 0.3) is 10.4 Å². The summed E-state index contributed by atoms with van der Waals surface area (Å²) in [5, 5.41) is 2.96. The summed E-state index contributed by atoms with van der Waals surface area (Å²) in [4.78, 5) is 25.5. The van der Waals surface area contributed by atoms with Gasteiger partial charge in [-0.3, -0.25) is 4.79 Å². The molecule has 0 aliphatic carbocycles. The highest BCUT2D eigenvalue weighted by Crippen LogP contribution is 2.28. The van der Waals surface area contributed by atoms with Gasteiger partial charge in [-0.15, -0.1) is 11.3 Å². The Morgan fingerprint density at radius 2 is 2.04 bits per heavy atom. The number of carbonyl (C=O) groups is 2. The van der Waals surface area contributed by atoms with Gasteiger partial charge in [0, 0.05) is 29.5 Å². The van der Waals surface area contributed by atoms with Crippen molar-refractivity contribution in [3.05, 3.63) is 46.8 Å². The van der Waals surface area contributed by atoms with Gasteiger partial charge in [-0.05, 0) is 43.2 Å². The molecule has 1 aliphatic rings. The zero-order valence-corrected chi connectivity index (χ0v) is 14.9. The minimum absolute atomic E-state index is 0.0724. The van der Waals surface area contributed by atoms with Crippen LogP contribution in [0.5, 0.6) is 0 Å². The molecule has 0 spiro atoms. The smallest absolute Gasteiger partial charge is 0.348 e. The molecule has 1 fully saturated rings. The maximum atomic E-state index is 12.2. The third-order valence-electron chi connectivity index (χ3n) is 4.09. The van der Waals surface area contributed by atoms with Gasteiger partial charge < -0.3 is 14.8 Å². The molecule has 2 aromatic rings. The molecule has 1 aromatic carbocycles. The van der Waals surface area contributed by atoms with Crippen molar-refractivity contribution in [2.75, 3.05) is 26.4 Å². The summed E-state index contributed by atoms with van der Waals surface area (Å²) >= 11 is 1.39. The van der Waals surface area contributed by atoms with Gasteiger partial charge in [-0.1, -0.05) is 12.1 Å². The number of ether oxygens (including phenoxy) is 2. The van der Waals surface area contributed by atoms with Crippen LogP contribution in [0.1, 0.15) is 33.4 Å². The summed E-state index contributed by atoms with van der Waals surface area (Å²) in [6.07, 6.45) is 1.00. The van der Waals surface area contributed by atoms with E-state index in [-0.39, 0.29) is 11.9 Å². The number of esters is 1.